The molecule has 0 aromatic carbocycles. The molecule has 0 radical (unpaired) electrons. The third kappa shape index (κ3) is 4.13. The maximum absolute atomic E-state index is 3.42. The predicted molar refractivity (Wildman–Crippen MR) is 56.9 cm³/mol. The van der Waals surface area contributed by atoms with Crippen molar-refractivity contribution in [1.82, 2.24) is 5.32 Å². The monoisotopic (exact) mass is 189 g/mol. The number of nitrogens with one attached hydrogen (secondary N) is 1. The lowest BCUT2D eigenvalue weighted by Gasteiger charge is -2.20. The van der Waals surface area contributed by atoms with E-state index < -0.39 is 0 Å². The highest BCUT2D eigenvalue weighted by Gasteiger charge is 2.09. The highest BCUT2D eigenvalue weighted by molar-refractivity contribution is 5.85. The molecule has 1 nitrogen and oxygen atoms in total. The molecule has 0 aromatic rings. The zero-order valence-electron chi connectivity index (χ0n) is 8.10. The summed E-state index contributed by atoms with van der Waals surface area (Å²) in [6.45, 7) is 6.86. The van der Waals surface area contributed by atoms with Crippen LogP contribution in [0.1, 0.15) is 33.1 Å². The average Bonchev–Trinajstić information content (AvgIpc) is 2.06. The van der Waals surface area contributed by atoms with Crippen molar-refractivity contribution in [2.24, 2.45) is 5.92 Å². The van der Waals surface area contributed by atoms with E-state index in [0.29, 0.717) is 0 Å². The molecule has 1 N–H and O–H groups in total. The van der Waals surface area contributed by atoms with Crippen molar-refractivity contribution >= 4 is 12.4 Å². The molecule has 1 unspecified atom stereocenters. The van der Waals surface area contributed by atoms with Crippen LogP contribution < -0.4 is 5.32 Å². The van der Waals surface area contributed by atoms with Crippen molar-refractivity contribution in [3.05, 3.63) is 11.6 Å². The number of hydrogen-bond donors (Lipinski definition) is 1. The summed E-state index contributed by atoms with van der Waals surface area (Å²) < 4.78 is 0. The third-order valence-corrected chi connectivity index (χ3v) is 2.41. The van der Waals surface area contributed by atoms with Gasteiger partial charge < -0.3 is 5.32 Å². The van der Waals surface area contributed by atoms with Gasteiger partial charge in [0.15, 0.2) is 0 Å². The first kappa shape index (κ1) is 12.0. The molecule has 1 heterocycles. The molecule has 0 aromatic heterocycles. The van der Waals surface area contributed by atoms with Crippen LogP contribution in [0.15, 0.2) is 11.6 Å². The Hall–Kier alpha value is -0.0100. The summed E-state index contributed by atoms with van der Waals surface area (Å²) in [4.78, 5) is 0. The molecule has 2 heteroatoms. The normalized spacial score (nSPS) is 24.8. The van der Waals surface area contributed by atoms with Crippen molar-refractivity contribution in [1.29, 1.82) is 0 Å². The molecule has 1 aliphatic rings. The first-order chi connectivity index (χ1) is 5.33. The second kappa shape index (κ2) is 6.50. The smallest absolute Gasteiger partial charge is 0.00143 e. The summed E-state index contributed by atoms with van der Waals surface area (Å²) in [7, 11) is 0. The van der Waals surface area contributed by atoms with E-state index in [9.17, 15) is 0 Å². The van der Waals surface area contributed by atoms with Crippen LogP contribution in [0.3, 0.4) is 0 Å². The van der Waals surface area contributed by atoms with E-state index >= 15 is 0 Å². The van der Waals surface area contributed by atoms with Crippen LogP contribution in [0.2, 0.25) is 0 Å². The summed E-state index contributed by atoms with van der Waals surface area (Å²) in [5.41, 5.74) is 1.54. The second-order valence-corrected chi connectivity index (χ2v) is 3.47. The Balaban J connectivity index is 0.00000121. The molecule has 0 amide bonds. The van der Waals surface area contributed by atoms with Gasteiger partial charge in [-0.25, -0.2) is 0 Å². The Morgan fingerprint density at radius 2 is 2.33 bits per heavy atom. The third-order valence-electron chi connectivity index (χ3n) is 2.41. The predicted octanol–water partition coefficient (Wildman–Crippen LogP) is 2.76. The van der Waals surface area contributed by atoms with Gasteiger partial charge in [-0.2, -0.15) is 0 Å². The molecule has 1 rings (SSSR count). The molecule has 0 saturated carbocycles. The van der Waals surface area contributed by atoms with E-state index in [0.717, 1.165) is 5.92 Å². The van der Waals surface area contributed by atoms with Crippen LogP contribution in [-0.2, 0) is 0 Å². The maximum atomic E-state index is 3.42. The van der Waals surface area contributed by atoms with Crippen LogP contribution in [0.5, 0.6) is 0 Å². The molecule has 1 fully saturated rings. The first-order valence-electron chi connectivity index (χ1n) is 4.71. The van der Waals surface area contributed by atoms with Crippen LogP contribution in [0.25, 0.3) is 0 Å². The fourth-order valence-electron chi connectivity index (χ4n) is 1.54. The minimum absolute atomic E-state index is 0. The Morgan fingerprint density at radius 1 is 1.58 bits per heavy atom. The van der Waals surface area contributed by atoms with Gasteiger partial charge in [-0.15, -0.1) is 12.4 Å². The molecule has 1 saturated heterocycles. The molecule has 0 bridgehead atoms. The molecular formula is C10H20ClN. The van der Waals surface area contributed by atoms with E-state index in [1.165, 1.54) is 32.4 Å². The van der Waals surface area contributed by atoms with Crippen molar-refractivity contribution in [2.75, 3.05) is 13.1 Å². The molecule has 1 aliphatic heterocycles. The zero-order chi connectivity index (χ0) is 8.10. The van der Waals surface area contributed by atoms with E-state index in [4.69, 9.17) is 0 Å². The maximum Gasteiger partial charge on any atom is 0.00143 e. The van der Waals surface area contributed by atoms with E-state index in [2.05, 4.69) is 25.2 Å². The van der Waals surface area contributed by atoms with Gasteiger partial charge in [0.1, 0.15) is 0 Å². The second-order valence-electron chi connectivity index (χ2n) is 3.47. The van der Waals surface area contributed by atoms with Crippen LogP contribution >= 0.6 is 12.4 Å². The van der Waals surface area contributed by atoms with E-state index in [1.54, 1.807) is 5.57 Å². The average molecular weight is 190 g/mol. The number of allylic oxidation sites excluding steroid dienone is 1. The Labute approximate surface area is 82.0 Å². The molecule has 72 valence electrons. The molecule has 0 aliphatic carbocycles. The minimum Gasteiger partial charge on any atom is -0.316 e. The SMILES string of the molecule is CC/C(C)=C/C1CCCNC1.Cl. The van der Waals surface area contributed by atoms with Crippen molar-refractivity contribution < 1.29 is 0 Å². The lowest BCUT2D eigenvalue weighted by molar-refractivity contribution is 0.436. The van der Waals surface area contributed by atoms with E-state index in [-0.39, 0.29) is 12.4 Å². The fraction of sp³-hybridized carbons (Fsp3) is 0.800. The van der Waals surface area contributed by atoms with Crippen LogP contribution in [0.4, 0.5) is 0 Å². The summed E-state index contributed by atoms with van der Waals surface area (Å²) in [6, 6.07) is 0. The molecule has 1 atom stereocenters. The Kier molecular flexibility index (Phi) is 6.49. The van der Waals surface area contributed by atoms with Gasteiger partial charge in [-0.1, -0.05) is 18.6 Å². The van der Waals surface area contributed by atoms with Gasteiger partial charge in [0.05, 0.1) is 0 Å². The lowest BCUT2D eigenvalue weighted by atomic mass is 9.97. The van der Waals surface area contributed by atoms with Gasteiger partial charge in [-0.05, 0) is 38.6 Å². The lowest BCUT2D eigenvalue weighted by Crippen LogP contribution is -2.28. The molecular weight excluding hydrogens is 170 g/mol. The Bertz CT molecular complexity index is 137. The highest BCUT2D eigenvalue weighted by Crippen LogP contribution is 2.14. The summed E-state index contributed by atoms with van der Waals surface area (Å²) in [5, 5.41) is 3.42. The van der Waals surface area contributed by atoms with Gasteiger partial charge in [0, 0.05) is 6.54 Å². The summed E-state index contributed by atoms with van der Waals surface area (Å²) >= 11 is 0. The fourth-order valence-corrected chi connectivity index (χ4v) is 1.54. The van der Waals surface area contributed by atoms with Crippen molar-refractivity contribution in [3.63, 3.8) is 0 Å². The summed E-state index contributed by atoms with van der Waals surface area (Å²) in [6.07, 6.45) is 6.37. The minimum atomic E-state index is 0. The number of rotatable bonds is 2. The Morgan fingerprint density at radius 3 is 2.83 bits per heavy atom. The van der Waals surface area contributed by atoms with E-state index in [1.807, 2.05) is 0 Å². The largest absolute Gasteiger partial charge is 0.316 e. The topological polar surface area (TPSA) is 12.0 Å². The first-order valence-corrected chi connectivity index (χ1v) is 4.71. The number of halogens is 1. The zero-order valence-corrected chi connectivity index (χ0v) is 8.91. The van der Waals surface area contributed by atoms with Gasteiger partial charge in [-0.3, -0.25) is 0 Å². The van der Waals surface area contributed by atoms with Crippen LogP contribution in [0, 0.1) is 5.92 Å². The van der Waals surface area contributed by atoms with Gasteiger partial charge in [0.25, 0.3) is 0 Å². The quantitative estimate of drug-likeness (QED) is 0.659. The number of piperidine rings is 1. The molecule has 12 heavy (non-hydrogen) atoms. The standard InChI is InChI=1S/C10H19N.ClH/c1-3-9(2)7-10-5-4-6-11-8-10;/h7,10-11H,3-6,8H2,1-2H3;1H/b9-7+;. The number of hydrogen-bond acceptors (Lipinski definition) is 1. The van der Waals surface area contributed by atoms with Crippen molar-refractivity contribution in [2.45, 2.75) is 33.1 Å². The highest BCUT2D eigenvalue weighted by atomic mass is 35.5. The van der Waals surface area contributed by atoms with Gasteiger partial charge in [0.2, 0.25) is 0 Å². The summed E-state index contributed by atoms with van der Waals surface area (Å²) in [5.74, 6) is 0.809. The van der Waals surface area contributed by atoms with Crippen LogP contribution in [-0.4, -0.2) is 13.1 Å². The molecule has 0 spiro atoms. The van der Waals surface area contributed by atoms with Crippen molar-refractivity contribution in [3.8, 4) is 0 Å². The van der Waals surface area contributed by atoms with Gasteiger partial charge >= 0.3 is 0 Å².